The van der Waals surface area contributed by atoms with Gasteiger partial charge in [0.2, 0.25) is 5.88 Å². The van der Waals surface area contributed by atoms with Crippen molar-refractivity contribution in [3.63, 3.8) is 0 Å². The Balaban J connectivity index is 1.49. The van der Waals surface area contributed by atoms with Crippen LogP contribution in [0.4, 0.5) is 0 Å². The first-order valence-corrected chi connectivity index (χ1v) is 8.90. The Morgan fingerprint density at radius 1 is 1.39 bits per heavy atom. The Morgan fingerprint density at radius 2 is 2.17 bits per heavy atom. The number of hydrogen-bond donors (Lipinski definition) is 0. The second-order valence-electron chi connectivity index (χ2n) is 6.16. The lowest BCUT2D eigenvalue weighted by Gasteiger charge is -2.31. The lowest BCUT2D eigenvalue weighted by molar-refractivity contribution is 0.0664. The molecule has 2 aromatic heterocycles. The third kappa shape index (κ3) is 3.91. The van der Waals surface area contributed by atoms with E-state index in [4.69, 9.17) is 4.74 Å². The Bertz CT molecular complexity index is 675. The van der Waals surface area contributed by atoms with Crippen molar-refractivity contribution in [2.24, 2.45) is 5.92 Å². The summed E-state index contributed by atoms with van der Waals surface area (Å²) in [5.74, 6) is 1.38. The minimum absolute atomic E-state index is 0.169. The van der Waals surface area contributed by atoms with E-state index in [1.54, 1.807) is 6.20 Å². The minimum atomic E-state index is 0.169. The fourth-order valence-electron chi connectivity index (χ4n) is 2.82. The summed E-state index contributed by atoms with van der Waals surface area (Å²) in [6.45, 7) is 6.33. The Labute approximate surface area is 141 Å². The summed E-state index contributed by atoms with van der Waals surface area (Å²) in [5.41, 5.74) is 2.22. The number of rotatable bonds is 4. The molecule has 0 aliphatic carbocycles. The number of carbonyl (C=O) groups is 1. The molecule has 0 bridgehead atoms. The summed E-state index contributed by atoms with van der Waals surface area (Å²) in [7, 11) is 0. The van der Waals surface area contributed by atoms with Gasteiger partial charge in [-0.1, -0.05) is 6.07 Å². The van der Waals surface area contributed by atoms with Gasteiger partial charge in [-0.15, -0.1) is 11.3 Å². The molecule has 0 unspecified atom stereocenters. The second-order valence-corrected chi connectivity index (χ2v) is 7.07. The monoisotopic (exact) mass is 330 g/mol. The van der Waals surface area contributed by atoms with E-state index in [2.05, 4.69) is 4.98 Å². The number of hydrogen-bond acceptors (Lipinski definition) is 4. The highest BCUT2D eigenvalue weighted by Gasteiger charge is 2.24. The van der Waals surface area contributed by atoms with Gasteiger partial charge in [0.15, 0.2) is 0 Å². The van der Waals surface area contributed by atoms with Crippen LogP contribution in [0, 0.1) is 19.8 Å². The first-order valence-electron chi connectivity index (χ1n) is 8.02. The van der Waals surface area contributed by atoms with Gasteiger partial charge in [-0.2, -0.15) is 0 Å². The Kier molecular flexibility index (Phi) is 4.96. The van der Waals surface area contributed by atoms with E-state index >= 15 is 0 Å². The predicted molar refractivity (Wildman–Crippen MR) is 92.2 cm³/mol. The molecule has 2 aromatic rings. The van der Waals surface area contributed by atoms with E-state index < -0.39 is 0 Å². The number of ether oxygens (including phenoxy) is 1. The largest absolute Gasteiger partial charge is 0.477 e. The van der Waals surface area contributed by atoms with Crippen molar-refractivity contribution >= 4 is 17.2 Å². The summed E-state index contributed by atoms with van der Waals surface area (Å²) in [5, 5.41) is 2.03. The molecule has 0 N–H and O–H groups in total. The lowest BCUT2D eigenvalue weighted by atomic mass is 9.97. The molecule has 5 heteroatoms. The van der Waals surface area contributed by atoms with Crippen LogP contribution in [-0.4, -0.2) is 35.5 Å². The molecule has 0 spiro atoms. The molecule has 0 atom stereocenters. The molecule has 1 aliphatic rings. The molecule has 0 radical (unpaired) electrons. The van der Waals surface area contributed by atoms with Crippen molar-refractivity contribution < 1.29 is 9.53 Å². The first-order chi connectivity index (χ1) is 11.1. The number of amides is 1. The summed E-state index contributed by atoms with van der Waals surface area (Å²) in [6, 6.07) is 5.90. The van der Waals surface area contributed by atoms with Crippen LogP contribution in [0.25, 0.3) is 0 Å². The van der Waals surface area contributed by atoms with Gasteiger partial charge in [0.05, 0.1) is 11.5 Å². The van der Waals surface area contributed by atoms with Gasteiger partial charge in [-0.25, -0.2) is 4.98 Å². The number of pyridine rings is 1. The maximum atomic E-state index is 12.4. The molecule has 0 aromatic carbocycles. The normalized spacial score (nSPS) is 15.7. The highest BCUT2D eigenvalue weighted by atomic mass is 32.1. The minimum Gasteiger partial charge on any atom is -0.477 e. The van der Waals surface area contributed by atoms with Gasteiger partial charge < -0.3 is 9.64 Å². The number of piperidine rings is 1. The topological polar surface area (TPSA) is 42.4 Å². The highest BCUT2D eigenvalue weighted by molar-refractivity contribution is 7.12. The molecular weight excluding hydrogens is 308 g/mol. The number of carbonyl (C=O) groups excluding carboxylic acids is 1. The maximum Gasteiger partial charge on any atom is 0.263 e. The van der Waals surface area contributed by atoms with E-state index in [-0.39, 0.29) is 5.91 Å². The van der Waals surface area contributed by atoms with Gasteiger partial charge >= 0.3 is 0 Å². The second kappa shape index (κ2) is 7.13. The van der Waals surface area contributed by atoms with E-state index in [1.165, 1.54) is 11.3 Å². The molecule has 1 fully saturated rings. The summed E-state index contributed by atoms with van der Waals surface area (Å²) < 4.78 is 5.85. The zero-order valence-corrected chi connectivity index (χ0v) is 14.4. The summed E-state index contributed by atoms with van der Waals surface area (Å²) >= 11 is 1.54. The van der Waals surface area contributed by atoms with Crippen LogP contribution in [0.1, 0.15) is 33.6 Å². The van der Waals surface area contributed by atoms with Crippen LogP contribution < -0.4 is 4.74 Å². The van der Waals surface area contributed by atoms with Crippen LogP contribution in [0.15, 0.2) is 29.8 Å². The molecule has 23 heavy (non-hydrogen) atoms. The standard InChI is InChI=1S/C18H22N2O2S/c1-13-10-16(23-12-13)18(21)20-8-5-15(6-9-20)11-22-17-14(2)4-3-7-19-17/h3-4,7,10,12,15H,5-6,8-9,11H2,1-2H3. The number of aryl methyl sites for hydroxylation is 2. The van der Waals surface area contributed by atoms with E-state index in [1.807, 2.05) is 42.3 Å². The zero-order chi connectivity index (χ0) is 16.2. The van der Waals surface area contributed by atoms with Crippen molar-refractivity contribution in [2.45, 2.75) is 26.7 Å². The average Bonchev–Trinajstić information content (AvgIpc) is 3.00. The number of aromatic nitrogens is 1. The van der Waals surface area contributed by atoms with Crippen molar-refractivity contribution in [1.29, 1.82) is 0 Å². The molecule has 0 saturated carbocycles. The van der Waals surface area contributed by atoms with Gasteiger partial charge in [0, 0.05) is 24.8 Å². The SMILES string of the molecule is Cc1csc(C(=O)N2CCC(COc3ncccc3C)CC2)c1. The van der Waals surface area contributed by atoms with Gasteiger partial charge in [0.25, 0.3) is 5.91 Å². The quantitative estimate of drug-likeness (QED) is 0.858. The van der Waals surface area contributed by atoms with Crippen molar-refractivity contribution in [3.8, 4) is 5.88 Å². The molecule has 3 heterocycles. The summed E-state index contributed by atoms with van der Waals surface area (Å²) in [6.07, 6.45) is 3.73. The van der Waals surface area contributed by atoms with Crippen molar-refractivity contribution in [1.82, 2.24) is 9.88 Å². The number of likely N-dealkylation sites (tertiary alicyclic amines) is 1. The Morgan fingerprint density at radius 3 is 2.83 bits per heavy atom. The van der Waals surface area contributed by atoms with Crippen molar-refractivity contribution in [2.75, 3.05) is 19.7 Å². The zero-order valence-electron chi connectivity index (χ0n) is 13.6. The van der Waals surface area contributed by atoms with Crippen LogP contribution in [0.3, 0.4) is 0 Å². The van der Waals surface area contributed by atoms with E-state index in [0.717, 1.165) is 47.8 Å². The molecule has 4 nitrogen and oxygen atoms in total. The molecule has 1 aliphatic heterocycles. The van der Waals surface area contributed by atoms with E-state index in [0.29, 0.717) is 12.5 Å². The Hall–Kier alpha value is -1.88. The van der Waals surface area contributed by atoms with Crippen LogP contribution in [0.2, 0.25) is 0 Å². The van der Waals surface area contributed by atoms with Gasteiger partial charge in [-0.3, -0.25) is 4.79 Å². The smallest absolute Gasteiger partial charge is 0.263 e. The fraction of sp³-hybridized carbons (Fsp3) is 0.444. The summed E-state index contributed by atoms with van der Waals surface area (Å²) in [4.78, 5) is 19.5. The average molecular weight is 330 g/mol. The molecular formula is C18H22N2O2S. The fourth-order valence-corrected chi connectivity index (χ4v) is 3.69. The third-order valence-corrected chi connectivity index (χ3v) is 5.30. The molecule has 1 amide bonds. The van der Waals surface area contributed by atoms with Gasteiger partial charge in [0.1, 0.15) is 0 Å². The lowest BCUT2D eigenvalue weighted by Crippen LogP contribution is -2.39. The van der Waals surface area contributed by atoms with Crippen molar-refractivity contribution in [3.05, 3.63) is 45.8 Å². The third-order valence-electron chi connectivity index (χ3n) is 4.26. The van der Waals surface area contributed by atoms with Gasteiger partial charge in [-0.05, 0) is 55.7 Å². The first kappa shape index (κ1) is 16.0. The number of thiophene rings is 1. The molecule has 3 rings (SSSR count). The maximum absolute atomic E-state index is 12.4. The predicted octanol–water partition coefficient (Wildman–Crippen LogP) is 3.69. The van der Waals surface area contributed by atoms with Crippen LogP contribution in [0.5, 0.6) is 5.88 Å². The highest BCUT2D eigenvalue weighted by Crippen LogP contribution is 2.23. The van der Waals surface area contributed by atoms with E-state index in [9.17, 15) is 4.79 Å². The molecule has 122 valence electrons. The van der Waals surface area contributed by atoms with Crippen LogP contribution in [-0.2, 0) is 0 Å². The molecule has 1 saturated heterocycles. The number of nitrogens with zero attached hydrogens (tertiary/aromatic N) is 2. The van der Waals surface area contributed by atoms with Crippen LogP contribution >= 0.6 is 11.3 Å².